The van der Waals surface area contributed by atoms with Crippen molar-refractivity contribution in [2.45, 2.75) is 18.7 Å². The third-order valence-electron chi connectivity index (χ3n) is 4.58. The number of rotatable bonds is 6. The molecule has 160 valence electrons. The maximum absolute atomic E-state index is 13.0. The average molecular weight is 453 g/mol. The van der Waals surface area contributed by atoms with Gasteiger partial charge in [-0.05, 0) is 49.4 Å². The summed E-state index contributed by atoms with van der Waals surface area (Å²) in [5.41, 5.74) is 0.535. The molecule has 0 radical (unpaired) electrons. The predicted molar refractivity (Wildman–Crippen MR) is 111 cm³/mol. The van der Waals surface area contributed by atoms with Gasteiger partial charge in [-0.15, -0.1) is 0 Å². The average Bonchev–Trinajstić information content (AvgIpc) is 2.88. The molecule has 11 heteroatoms. The van der Waals surface area contributed by atoms with Crippen molar-refractivity contribution in [3.8, 4) is 5.75 Å². The summed E-state index contributed by atoms with van der Waals surface area (Å²) in [5, 5.41) is 0. The van der Waals surface area contributed by atoms with Crippen LogP contribution < -0.4 is 13.8 Å². The van der Waals surface area contributed by atoms with E-state index >= 15 is 0 Å². The molecule has 0 saturated carbocycles. The highest BCUT2D eigenvalue weighted by molar-refractivity contribution is 7.94. The molecule has 2 aromatic rings. The molecule has 0 aliphatic carbocycles. The highest BCUT2D eigenvalue weighted by atomic mass is 32.2. The zero-order chi connectivity index (χ0) is 22.3. The molecule has 0 spiro atoms. The van der Waals surface area contributed by atoms with Crippen molar-refractivity contribution in [2.75, 3.05) is 21.9 Å². The molecule has 0 aromatic heterocycles. The highest BCUT2D eigenvalue weighted by Gasteiger charge is 2.42. The molecule has 2 aromatic carbocycles. The molecule has 0 bridgehead atoms. The molecule has 1 heterocycles. The number of sulfonamides is 2. The van der Waals surface area contributed by atoms with E-state index in [1.54, 1.807) is 0 Å². The van der Waals surface area contributed by atoms with E-state index in [1.807, 2.05) is 0 Å². The van der Waals surface area contributed by atoms with Crippen LogP contribution in [0, 0.1) is 5.92 Å². The number of nitrogens with one attached hydrogen (secondary N) is 1. The molecular weight excluding hydrogens is 432 g/mol. The fourth-order valence-corrected chi connectivity index (χ4v) is 6.13. The minimum absolute atomic E-state index is 0.0244. The Morgan fingerprint density at radius 3 is 2.30 bits per heavy atom. The number of hydrogen-bond donors (Lipinski definition) is 1. The first-order chi connectivity index (χ1) is 14.0. The number of anilines is 2. The normalized spacial score (nSPS) is 18.3. The van der Waals surface area contributed by atoms with Crippen LogP contribution in [0.2, 0.25) is 0 Å². The molecule has 1 aliphatic rings. The maximum atomic E-state index is 13.0. The summed E-state index contributed by atoms with van der Waals surface area (Å²) in [7, 11) is -6.83. The standard InChI is InChI=1S/C19H20N2O7S2/c1-12-11-29(24,25)21(19(12)23)16-8-9-17(28-3)18(10-16)30(26,27)20-15-6-4-14(5-7-15)13(2)22/h4-10,12,20H,11H2,1-3H3. The van der Waals surface area contributed by atoms with E-state index in [0.29, 0.717) is 9.87 Å². The number of ether oxygens (including phenoxy) is 1. The Bertz CT molecular complexity index is 1220. The zero-order valence-corrected chi connectivity index (χ0v) is 18.1. The van der Waals surface area contributed by atoms with Crippen molar-refractivity contribution in [3.05, 3.63) is 48.0 Å². The highest BCUT2D eigenvalue weighted by Crippen LogP contribution is 2.34. The first-order valence-electron chi connectivity index (χ1n) is 8.85. The van der Waals surface area contributed by atoms with Gasteiger partial charge in [0.2, 0.25) is 15.9 Å². The molecule has 3 rings (SSSR count). The maximum Gasteiger partial charge on any atom is 0.265 e. The minimum atomic E-state index is -4.20. The van der Waals surface area contributed by atoms with Crippen LogP contribution in [-0.4, -0.2) is 41.4 Å². The van der Waals surface area contributed by atoms with Crippen molar-refractivity contribution < 1.29 is 31.2 Å². The number of Topliss-reactive ketones (excluding diaryl/α,β-unsaturated/α-hetero) is 1. The van der Waals surface area contributed by atoms with Gasteiger partial charge in [0.25, 0.3) is 10.0 Å². The fourth-order valence-electron chi connectivity index (χ4n) is 3.07. The molecule has 1 atom stereocenters. The Kier molecular flexibility index (Phi) is 5.61. The van der Waals surface area contributed by atoms with E-state index in [2.05, 4.69) is 4.72 Å². The zero-order valence-electron chi connectivity index (χ0n) is 16.4. The second kappa shape index (κ2) is 7.73. The van der Waals surface area contributed by atoms with Gasteiger partial charge in [-0.2, -0.15) is 0 Å². The monoisotopic (exact) mass is 452 g/mol. The summed E-state index contributed by atoms with van der Waals surface area (Å²) < 4.78 is 58.7. The molecule has 1 saturated heterocycles. The molecule has 9 nitrogen and oxygen atoms in total. The Balaban J connectivity index is 2.02. The molecule has 1 fully saturated rings. The number of carbonyl (C=O) groups is 2. The van der Waals surface area contributed by atoms with Crippen LogP contribution in [0.1, 0.15) is 24.2 Å². The molecule has 1 amide bonds. The number of methoxy groups -OCH3 is 1. The SMILES string of the molecule is COc1ccc(N2C(=O)C(C)CS2(=O)=O)cc1S(=O)(=O)Nc1ccc(C(C)=O)cc1. The number of nitrogens with zero attached hydrogens (tertiary/aromatic N) is 1. The lowest BCUT2D eigenvalue weighted by Gasteiger charge is -2.18. The van der Waals surface area contributed by atoms with Gasteiger partial charge in [-0.1, -0.05) is 6.92 Å². The lowest BCUT2D eigenvalue weighted by molar-refractivity contribution is -0.119. The van der Waals surface area contributed by atoms with Crippen molar-refractivity contribution >= 4 is 43.1 Å². The van der Waals surface area contributed by atoms with Crippen LogP contribution >= 0.6 is 0 Å². The van der Waals surface area contributed by atoms with E-state index < -0.39 is 31.9 Å². The van der Waals surface area contributed by atoms with Gasteiger partial charge in [0, 0.05) is 11.3 Å². The quantitative estimate of drug-likeness (QED) is 0.664. The lowest BCUT2D eigenvalue weighted by atomic mass is 10.1. The van der Waals surface area contributed by atoms with Crippen LogP contribution in [0.3, 0.4) is 0 Å². The fraction of sp³-hybridized carbons (Fsp3) is 0.263. The van der Waals surface area contributed by atoms with Crippen LogP contribution in [0.15, 0.2) is 47.4 Å². The first kappa shape index (κ1) is 21.8. The summed E-state index contributed by atoms with van der Waals surface area (Å²) in [6.07, 6.45) is 0. The molecule has 1 unspecified atom stereocenters. The summed E-state index contributed by atoms with van der Waals surface area (Å²) in [6, 6.07) is 9.50. The molecule has 1 N–H and O–H groups in total. The first-order valence-corrected chi connectivity index (χ1v) is 11.9. The van der Waals surface area contributed by atoms with Gasteiger partial charge in [-0.25, -0.2) is 21.1 Å². The third-order valence-corrected chi connectivity index (χ3v) is 7.85. The number of amides is 1. The van der Waals surface area contributed by atoms with Crippen molar-refractivity contribution in [1.82, 2.24) is 0 Å². The Hall–Kier alpha value is -2.92. The third kappa shape index (κ3) is 4.03. The van der Waals surface area contributed by atoms with Crippen LogP contribution in [0.4, 0.5) is 11.4 Å². The van der Waals surface area contributed by atoms with Crippen LogP contribution in [0.5, 0.6) is 5.75 Å². The van der Waals surface area contributed by atoms with Crippen molar-refractivity contribution in [3.63, 3.8) is 0 Å². The van der Waals surface area contributed by atoms with Gasteiger partial charge >= 0.3 is 0 Å². The van der Waals surface area contributed by atoms with E-state index in [-0.39, 0.29) is 33.6 Å². The number of ketones is 1. The van der Waals surface area contributed by atoms with Crippen LogP contribution in [-0.2, 0) is 24.8 Å². The Morgan fingerprint density at radius 1 is 1.17 bits per heavy atom. The van der Waals surface area contributed by atoms with Gasteiger partial charge in [-0.3, -0.25) is 14.3 Å². The number of benzene rings is 2. The van der Waals surface area contributed by atoms with Gasteiger partial charge in [0.05, 0.1) is 24.5 Å². The van der Waals surface area contributed by atoms with E-state index in [1.165, 1.54) is 57.4 Å². The smallest absolute Gasteiger partial charge is 0.265 e. The van der Waals surface area contributed by atoms with Gasteiger partial charge < -0.3 is 4.74 Å². The minimum Gasteiger partial charge on any atom is -0.495 e. The topological polar surface area (TPSA) is 127 Å². The van der Waals surface area contributed by atoms with Crippen molar-refractivity contribution in [2.24, 2.45) is 5.92 Å². The predicted octanol–water partition coefficient (Wildman–Crippen LogP) is 2.01. The van der Waals surface area contributed by atoms with Gasteiger partial charge in [0.15, 0.2) is 5.78 Å². The van der Waals surface area contributed by atoms with Crippen LogP contribution in [0.25, 0.3) is 0 Å². The van der Waals surface area contributed by atoms with Gasteiger partial charge in [0.1, 0.15) is 10.6 Å². The van der Waals surface area contributed by atoms with E-state index in [9.17, 15) is 26.4 Å². The second-order valence-corrected chi connectivity index (χ2v) is 10.4. The van der Waals surface area contributed by atoms with E-state index in [0.717, 1.165) is 6.07 Å². The lowest BCUT2D eigenvalue weighted by Crippen LogP contribution is -2.30. The summed E-state index contributed by atoms with van der Waals surface area (Å²) in [5.74, 6) is -1.89. The number of hydrogen-bond acceptors (Lipinski definition) is 7. The summed E-state index contributed by atoms with van der Waals surface area (Å²) in [4.78, 5) is 23.4. The summed E-state index contributed by atoms with van der Waals surface area (Å²) >= 11 is 0. The molecule has 30 heavy (non-hydrogen) atoms. The number of carbonyl (C=O) groups excluding carboxylic acids is 2. The Labute approximate surface area is 174 Å². The Morgan fingerprint density at radius 2 is 1.80 bits per heavy atom. The van der Waals surface area contributed by atoms with Crippen molar-refractivity contribution in [1.29, 1.82) is 0 Å². The molecular formula is C19H20N2O7S2. The second-order valence-electron chi connectivity index (χ2n) is 6.86. The largest absolute Gasteiger partial charge is 0.495 e. The summed E-state index contributed by atoms with van der Waals surface area (Å²) in [6.45, 7) is 2.89. The molecule has 1 aliphatic heterocycles. The van der Waals surface area contributed by atoms with E-state index in [4.69, 9.17) is 4.74 Å².